The van der Waals surface area contributed by atoms with E-state index in [9.17, 15) is 8.42 Å². The van der Waals surface area contributed by atoms with E-state index in [2.05, 4.69) is 14.7 Å². The molecule has 0 heterocycles. The molecule has 156 valence electrons. The van der Waals surface area contributed by atoms with E-state index in [0.29, 0.717) is 37.9 Å². The topological polar surface area (TPSA) is 123 Å². The molecule has 0 atom stereocenters. The van der Waals surface area contributed by atoms with Gasteiger partial charge in [0.2, 0.25) is 0 Å². The summed E-state index contributed by atoms with van der Waals surface area (Å²) in [5.74, 6) is 0.414. The van der Waals surface area contributed by atoms with Gasteiger partial charge in [-0.3, -0.25) is 4.72 Å². The van der Waals surface area contributed by atoms with Crippen molar-refractivity contribution in [1.82, 2.24) is 0 Å². The highest BCUT2D eigenvalue weighted by atomic mass is 32.2. The van der Waals surface area contributed by atoms with Gasteiger partial charge in [-0.2, -0.15) is 0 Å². The maximum Gasteiger partial charge on any atom is 0.262 e. The van der Waals surface area contributed by atoms with Crippen molar-refractivity contribution in [2.45, 2.75) is 11.8 Å². The van der Waals surface area contributed by atoms with Crippen molar-refractivity contribution in [2.75, 3.05) is 44.3 Å². The molecule has 0 saturated carbocycles. The van der Waals surface area contributed by atoms with Crippen LogP contribution in [0.4, 0.5) is 5.69 Å². The summed E-state index contributed by atoms with van der Waals surface area (Å²) in [7, 11) is -3.71. The molecule has 0 radical (unpaired) electrons. The molecule has 2 aromatic carbocycles. The van der Waals surface area contributed by atoms with E-state index in [1.807, 2.05) is 6.92 Å². The normalized spacial score (nSPS) is 10.9. The van der Waals surface area contributed by atoms with Crippen molar-refractivity contribution in [1.29, 1.82) is 0 Å². The zero-order chi connectivity index (χ0) is 21.0. The van der Waals surface area contributed by atoms with Crippen molar-refractivity contribution in [3.63, 3.8) is 0 Å². The van der Waals surface area contributed by atoms with Crippen LogP contribution in [0, 0.1) is 6.92 Å². The molecule has 10 heteroatoms. The second-order valence-electron chi connectivity index (χ2n) is 5.94. The van der Waals surface area contributed by atoms with Crippen LogP contribution < -0.4 is 9.46 Å². The number of nitrogens with one attached hydrogen (secondary N) is 1. The fourth-order valence-electron chi connectivity index (χ4n) is 2.28. The van der Waals surface area contributed by atoms with Crippen LogP contribution in [-0.2, 0) is 19.5 Å². The van der Waals surface area contributed by atoms with Gasteiger partial charge in [0, 0.05) is 11.5 Å². The lowest BCUT2D eigenvalue weighted by Gasteiger charge is -2.14. The van der Waals surface area contributed by atoms with Crippen molar-refractivity contribution in [2.24, 2.45) is 5.11 Å². The van der Waals surface area contributed by atoms with Gasteiger partial charge < -0.3 is 14.2 Å². The van der Waals surface area contributed by atoms with Gasteiger partial charge in [-0.05, 0) is 36.7 Å². The highest BCUT2D eigenvalue weighted by molar-refractivity contribution is 7.92. The highest BCUT2D eigenvalue weighted by Crippen LogP contribution is 2.26. The van der Waals surface area contributed by atoms with Crippen molar-refractivity contribution < 1.29 is 22.6 Å². The predicted octanol–water partition coefficient (Wildman–Crippen LogP) is 3.52. The van der Waals surface area contributed by atoms with Gasteiger partial charge in [-0.25, -0.2) is 8.42 Å². The fraction of sp³-hybridized carbons (Fsp3) is 0.368. The molecule has 9 nitrogen and oxygen atoms in total. The molecule has 0 aliphatic rings. The van der Waals surface area contributed by atoms with Crippen molar-refractivity contribution >= 4 is 15.7 Å². The quantitative estimate of drug-likeness (QED) is 0.230. The third kappa shape index (κ3) is 8.00. The molecule has 2 aromatic rings. The van der Waals surface area contributed by atoms with Crippen LogP contribution in [0.2, 0.25) is 0 Å². The SMILES string of the molecule is Cc1ccc(S(=O)(=O)Nc2ccccc2OCCOCCOCCN=[N+]=[N-])cc1. The van der Waals surface area contributed by atoms with Crippen LogP contribution in [0.25, 0.3) is 10.4 Å². The molecule has 0 unspecified atom stereocenters. The van der Waals surface area contributed by atoms with Gasteiger partial charge in [-0.1, -0.05) is 34.9 Å². The molecule has 0 spiro atoms. The van der Waals surface area contributed by atoms with Gasteiger partial charge in [0.25, 0.3) is 10.0 Å². The van der Waals surface area contributed by atoms with Gasteiger partial charge in [0.1, 0.15) is 12.4 Å². The largest absolute Gasteiger partial charge is 0.489 e. The average molecular weight is 420 g/mol. The first-order valence-electron chi connectivity index (χ1n) is 9.00. The molecular formula is C19H24N4O5S. The maximum absolute atomic E-state index is 12.6. The number of aryl methyl sites for hydroxylation is 1. The first kappa shape index (κ1) is 22.5. The van der Waals surface area contributed by atoms with Crippen LogP contribution >= 0.6 is 0 Å². The maximum atomic E-state index is 12.6. The molecule has 29 heavy (non-hydrogen) atoms. The van der Waals surface area contributed by atoms with E-state index < -0.39 is 10.0 Å². The Balaban J connectivity index is 1.80. The number of sulfonamides is 1. The van der Waals surface area contributed by atoms with Crippen molar-refractivity contribution in [3.8, 4) is 5.75 Å². The van der Waals surface area contributed by atoms with E-state index in [-0.39, 0.29) is 18.0 Å². The Kier molecular flexibility index (Phi) is 9.26. The monoisotopic (exact) mass is 420 g/mol. The van der Waals surface area contributed by atoms with Crippen molar-refractivity contribution in [3.05, 3.63) is 64.5 Å². The molecule has 0 bridgehead atoms. The third-order valence-electron chi connectivity index (χ3n) is 3.72. The van der Waals surface area contributed by atoms with E-state index in [1.54, 1.807) is 48.5 Å². The summed E-state index contributed by atoms with van der Waals surface area (Å²) >= 11 is 0. The summed E-state index contributed by atoms with van der Waals surface area (Å²) < 4.78 is 44.0. The summed E-state index contributed by atoms with van der Waals surface area (Å²) in [5.41, 5.74) is 9.47. The highest BCUT2D eigenvalue weighted by Gasteiger charge is 2.16. The Morgan fingerprint density at radius 3 is 2.34 bits per heavy atom. The van der Waals surface area contributed by atoms with E-state index in [4.69, 9.17) is 19.7 Å². The number of azide groups is 1. The third-order valence-corrected chi connectivity index (χ3v) is 5.10. The van der Waals surface area contributed by atoms with Gasteiger partial charge in [-0.15, -0.1) is 0 Å². The zero-order valence-electron chi connectivity index (χ0n) is 16.2. The van der Waals surface area contributed by atoms with E-state index >= 15 is 0 Å². The number of rotatable bonds is 13. The second-order valence-corrected chi connectivity index (χ2v) is 7.62. The van der Waals surface area contributed by atoms with Gasteiger partial charge in [0.05, 0.1) is 37.0 Å². The molecule has 0 aliphatic heterocycles. The number of para-hydroxylation sites is 2. The van der Waals surface area contributed by atoms with E-state index in [0.717, 1.165) is 5.56 Å². The smallest absolute Gasteiger partial charge is 0.262 e. The Morgan fingerprint density at radius 1 is 0.966 bits per heavy atom. The first-order chi connectivity index (χ1) is 14.0. The van der Waals surface area contributed by atoms with Gasteiger partial charge >= 0.3 is 0 Å². The minimum Gasteiger partial charge on any atom is -0.489 e. The Labute approximate surface area is 170 Å². The molecule has 1 N–H and O–H groups in total. The number of hydrogen-bond acceptors (Lipinski definition) is 6. The van der Waals surface area contributed by atoms with Crippen LogP contribution in [0.5, 0.6) is 5.75 Å². The number of benzene rings is 2. The lowest BCUT2D eigenvalue weighted by molar-refractivity contribution is 0.0389. The Morgan fingerprint density at radius 2 is 1.62 bits per heavy atom. The summed E-state index contributed by atoms with van der Waals surface area (Å²) in [6.07, 6.45) is 0. The molecule has 2 rings (SSSR count). The Hall–Kier alpha value is -2.78. The van der Waals surface area contributed by atoms with Crippen LogP contribution in [0.15, 0.2) is 58.5 Å². The fourth-order valence-corrected chi connectivity index (χ4v) is 3.35. The zero-order valence-corrected chi connectivity index (χ0v) is 17.0. The number of nitrogens with zero attached hydrogens (tertiary/aromatic N) is 3. The molecule has 0 fully saturated rings. The number of ether oxygens (including phenoxy) is 3. The molecule has 0 aliphatic carbocycles. The van der Waals surface area contributed by atoms with Crippen LogP contribution in [-0.4, -0.2) is 48.0 Å². The predicted molar refractivity (Wildman–Crippen MR) is 110 cm³/mol. The minimum atomic E-state index is -3.71. The lowest BCUT2D eigenvalue weighted by atomic mass is 10.2. The molecule has 0 aromatic heterocycles. The lowest BCUT2D eigenvalue weighted by Crippen LogP contribution is -2.15. The molecular weight excluding hydrogens is 396 g/mol. The standard InChI is InChI=1S/C19H24N4O5S/c1-16-6-8-17(9-7-16)29(24,25)22-18-4-2-3-5-19(18)28-15-14-27-13-12-26-11-10-21-23-20/h2-9,22H,10-15H2,1H3. The number of anilines is 1. The summed E-state index contributed by atoms with van der Waals surface area (Å²) in [6, 6.07) is 13.4. The minimum absolute atomic E-state index is 0.182. The van der Waals surface area contributed by atoms with E-state index in [1.165, 1.54) is 0 Å². The number of hydrogen-bond donors (Lipinski definition) is 1. The van der Waals surface area contributed by atoms with Crippen LogP contribution in [0.1, 0.15) is 5.56 Å². The summed E-state index contributed by atoms with van der Waals surface area (Å²) in [6.45, 7) is 3.85. The average Bonchev–Trinajstić information content (AvgIpc) is 2.70. The van der Waals surface area contributed by atoms with Gasteiger partial charge in [0.15, 0.2) is 0 Å². The Bertz CT molecular complexity index is 912. The molecule has 0 amide bonds. The first-order valence-corrected chi connectivity index (χ1v) is 10.5. The van der Waals surface area contributed by atoms with Crippen LogP contribution in [0.3, 0.4) is 0 Å². The summed E-state index contributed by atoms with van der Waals surface area (Å²) in [4.78, 5) is 2.81. The second kappa shape index (κ2) is 11.9. The molecule has 0 saturated heterocycles. The summed E-state index contributed by atoms with van der Waals surface area (Å²) in [5, 5.41) is 3.36.